The summed E-state index contributed by atoms with van der Waals surface area (Å²) in [6.45, 7) is 1.77. The summed E-state index contributed by atoms with van der Waals surface area (Å²) < 4.78 is 0. The summed E-state index contributed by atoms with van der Waals surface area (Å²) in [5, 5.41) is 1.22. The van der Waals surface area contributed by atoms with E-state index in [0.717, 1.165) is 30.8 Å². The maximum Gasteiger partial charge on any atom is 0.232 e. The highest BCUT2D eigenvalue weighted by Gasteiger charge is 2.18. The minimum absolute atomic E-state index is 0.170. The molecule has 0 N–H and O–H groups in total. The molecule has 0 aliphatic carbocycles. The zero-order valence-electron chi connectivity index (χ0n) is 9.29. The van der Waals surface area contributed by atoms with E-state index >= 15 is 0 Å². The van der Waals surface area contributed by atoms with Gasteiger partial charge in [-0.05, 0) is 25.0 Å². The van der Waals surface area contributed by atoms with Crippen molar-refractivity contribution in [2.45, 2.75) is 17.7 Å². The minimum atomic E-state index is 0.170. The Hall–Kier alpha value is -0.380. The number of nitrogens with zero attached hydrogens (tertiary/aromatic N) is 1. The number of halogens is 2. The Morgan fingerprint density at radius 2 is 1.82 bits per heavy atom. The van der Waals surface area contributed by atoms with E-state index in [9.17, 15) is 4.79 Å². The lowest BCUT2D eigenvalue weighted by Crippen LogP contribution is -2.29. The second kappa shape index (κ2) is 5.98. The lowest BCUT2D eigenvalue weighted by molar-refractivity contribution is -0.127. The van der Waals surface area contributed by atoms with Crippen molar-refractivity contribution in [3.8, 4) is 0 Å². The Balaban J connectivity index is 1.95. The molecule has 2 nitrogen and oxygen atoms in total. The summed E-state index contributed by atoms with van der Waals surface area (Å²) in [7, 11) is 0. The number of carbonyl (C=O) groups is 1. The maximum absolute atomic E-state index is 11.9. The second-order valence-electron chi connectivity index (χ2n) is 3.93. The number of likely N-dealkylation sites (tertiary alicyclic amines) is 1. The van der Waals surface area contributed by atoms with Crippen LogP contribution in [0.5, 0.6) is 0 Å². The SMILES string of the molecule is O=C(CSc1c(Cl)cccc1Cl)N1CCCC1. The van der Waals surface area contributed by atoms with Gasteiger partial charge in [0, 0.05) is 18.0 Å². The van der Waals surface area contributed by atoms with E-state index in [-0.39, 0.29) is 5.91 Å². The Morgan fingerprint density at radius 1 is 1.24 bits per heavy atom. The van der Waals surface area contributed by atoms with Crippen molar-refractivity contribution in [3.05, 3.63) is 28.2 Å². The first-order valence-electron chi connectivity index (χ1n) is 5.53. The topological polar surface area (TPSA) is 20.3 Å². The predicted octanol–water partition coefficient (Wildman–Crippen LogP) is 3.71. The van der Waals surface area contributed by atoms with Crippen LogP contribution in [0, 0.1) is 0 Å². The number of carbonyl (C=O) groups excluding carboxylic acids is 1. The van der Waals surface area contributed by atoms with Gasteiger partial charge in [-0.25, -0.2) is 0 Å². The van der Waals surface area contributed by atoms with Crippen LogP contribution >= 0.6 is 35.0 Å². The molecule has 0 spiro atoms. The van der Waals surface area contributed by atoms with Crippen molar-refractivity contribution in [1.82, 2.24) is 4.90 Å². The molecule has 1 aromatic rings. The fraction of sp³-hybridized carbons (Fsp3) is 0.417. The molecule has 0 radical (unpaired) electrons. The summed E-state index contributed by atoms with van der Waals surface area (Å²) in [6, 6.07) is 5.38. The molecule has 1 saturated heterocycles. The molecule has 0 atom stereocenters. The molecule has 0 saturated carbocycles. The number of hydrogen-bond acceptors (Lipinski definition) is 2. The van der Waals surface area contributed by atoms with Gasteiger partial charge in [-0.1, -0.05) is 29.3 Å². The lowest BCUT2D eigenvalue weighted by atomic mass is 10.4. The number of rotatable bonds is 3. The molecule has 1 fully saturated rings. The Bertz CT molecular complexity index is 399. The van der Waals surface area contributed by atoms with E-state index in [1.807, 2.05) is 4.90 Å². The average Bonchev–Trinajstić information content (AvgIpc) is 2.81. The Labute approximate surface area is 115 Å². The fourth-order valence-corrected chi connectivity index (χ4v) is 3.40. The molecule has 0 unspecified atom stereocenters. The molecule has 1 aromatic carbocycles. The Kier molecular flexibility index (Phi) is 4.60. The monoisotopic (exact) mass is 289 g/mol. The summed E-state index contributed by atoms with van der Waals surface area (Å²) in [5.74, 6) is 0.576. The van der Waals surface area contributed by atoms with Gasteiger partial charge < -0.3 is 4.90 Å². The van der Waals surface area contributed by atoms with E-state index in [4.69, 9.17) is 23.2 Å². The lowest BCUT2D eigenvalue weighted by Gasteiger charge is -2.15. The summed E-state index contributed by atoms with van der Waals surface area (Å²) in [6.07, 6.45) is 2.23. The van der Waals surface area contributed by atoms with Gasteiger partial charge in [0.2, 0.25) is 5.91 Å². The minimum Gasteiger partial charge on any atom is -0.342 e. The smallest absolute Gasteiger partial charge is 0.232 e. The van der Waals surface area contributed by atoms with Crippen molar-refractivity contribution in [1.29, 1.82) is 0 Å². The third kappa shape index (κ3) is 3.30. The number of benzene rings is 1. The normalized spacial score (nSPS) is 15.3. The molecular formula is C12H13Cl2NOS. The van der Waals surface area contributed by atoms with Gasteiger partial charge in [0.25, 0.3) is 0 Å². The van der Waals surface area contributed by atoms with E-state index in [0.29, 0.717) is 15.8 Å². The van der Waals surface area contributed by atoms with Crippen molar-refractivity contribution in [2.75, 3.05) is 18.8 Å². The second-order valence-corrected chi connectivity index (χ2v) is 5.73. The fourth-order valence-electron chi connectivity index (χ4n) is 1.81. The van der Waals surface area contributed by atoms with Gasteiger partial charge in [0.1, 0.15) is 0 Å². The molecule has 92 valence electrons. The average molecular weight is 290 g/mol. The highest BCUT2D eigenvalue weighted by atomic mass is 35.5. The van der Waals surface area contributed by atoms with Gasteiger partial charge in [-0.15, -0.1) is 11.8 Å². The predicted molar refractivity (Wildman–Crippen MR) is 73.0 cm³/mol. The van der Waals surface area contributed by atoms with Crippen LogP contribution in [0.4, 0.5) is 0 Å². The van der Waals surface area contributed by atoms with Gasteiger partial charge >= 0.3 is 0 Å². The highest BCUT2D eigenvalue weighted by Crippen LogP contribution is 2.33. The summed E-state index contributed by atoms with van der Waals surface area (Å²) >= 11 is 13.5. The standard InChI is InChI=1S/C12H13Cl2NOS/c13-9-4-3-5-10(14)12(9)17-8-11(16)15-6-1-2-7-15/h3-5H,1-2,6-8H2. The van der Waals surface area contributed by atoms with Crippen molar-refractivity contribution in [3.63, 3.8) is 0 Å². The molecule has 5 heteroatoms. The van der Waals surface area contributed by atoms with E-state index in [1.165, 1.54) is 11.8 Å². The molecule has 0 bridgehead atoms. The first-order valence-corrected chi connectivity index (χ1v) is 7.27. The van der Waals surface area contributed by atoms with Crippen LogP contribution in [-0.2, 0) is 4.79 Å². The van der Waals surface area contributed by atoms with Crippen LogP contribution in [0.1, 0.15) is 12.8 Å². The van der Waals surface area contributed by atoms with Crippen LogP contribution < -0.4 is 0 Å². The number of hydrogen-bond donors (Lipinski definition) is 0. The van der Waals surface area contributed by atoms with Gasteiger partial charge in [-0.2, -0.15) is 0 Å². The molecule has 2 rings (SSSR count). The number of thioether (sulfide) groups is 1. The molecule has 0 aromatic heterocycles. The van der Waals surface area contributed by atoms with E-state index < -0.39 is 0 Å². The largest absolute Gasteiger partial charge is 0.342 e. The van der Waals surface area contributed by atoms with Gasteiger partial charge in [0.15, 0.2) is 0 Å². The molecular weight excluding hydrogens is 277 g/mol. The molecule has 1 heterocycles. The summed E-state index contributed by atoms with van der Waals surface area (Å²) in [5.41, 5.74) is 0. The Morgan fingerprint density at radius 3 is 2.41 bits per heavy atom. The summed E-state index contributed by atoms with van der Waals surface area (Å²) in [4.78, 5) is 14.6. The van der Waals surface area contributed by atoms with Crippen molar-refractivity contribution < 1.29 is 4.79 Å². The molecule has 1 aliphatic heterocycles. The first-order chi connectivity index (χ1) is 8.18. The zero-order valence-corrected chi connectivity index (χ0v) is 11.6. The van der Waals surface area contributed by atoms with E-state index in [2.05, 4.69) is 0 Å². The third-order valence-corrected chi connectivity index (χ3v) is 4.69. The van der Waals surface area contributed by atoms with Crippen LogP contribution in [0.25, 0.3) is 0 Å². The van der Waals surface area contributed by atoms with Crippen LogP contribution in [0.15, 0.2) is 23.1 Å². The van der Waals surface area contributed by atoms with Crippen LogP contribution in [0.2, 0.25) is 10.0 Å². The van der Waals surface area contributed by atoms with Gasteiger partial charge in [-0.3, -0.25) is 4.79 Å². The van der Waals surface area contributed by atoms with Crippen LogP contribution in [-0.4, -0.2) is 29.6 Å². The zero-order chi connectivity index (χ0) is 12.3. The van der Waals surface area contributed by atoms with Crippen LogP contribution in [0.3, 0.4) is 0 Å². The van der Waals surface area contributed by atoms with E-state index in [1.54, 1.807) is 18.2 Å². The number of amides is 1. The van der Waals surface area contributed by atoms with Crippen molar-refractivity contribution in [2.24, 2.45) is 0 Å². The highest BCUT2D eigenvalue weighted by molar-refractivity contribution is 8.00. The molecule has 17 heavy (non-hydrogen) atoms. The molecule has 1 amide bonds. The maximum atomic E-state index is 11.9. The third-order valence-electron chi connectivity index (χ3n) is 2.72. The first kappa shape index (κ1) is 13.1. The van der Waals surface area contributed by atoms with Gasteiger partial charge in [0.05, 0.1) is 15.8 Å². The van der Waals surface area contributed by atoms with Crippen molar-refractivity contribution >= 4 is 40.9 Å². The molecule has 1 aliphatic rings. The quantitative estimate of drug-likeness (QED) is 0.791.